The molecule has 0 radical (unpaired) electrons. The van der Waals surface area contributed by atoms with Crippen molar-refractivity contribution in [2.75, 3.05) is 33.9 Å². The molecule has 0 bridgehead atoms. The zero-order valence-electron chi connectivity index (χ0n) is 15.8. The van der Waals surface area contributed by atoms with Gasteiger partial charge in [-0.2, -0.15) is 12.7 Å². The van der Waals surface area contributed by atoms with E-state index < -0.39 is 15.1 Å². The average molecular weight is 403 g/mol. The highest BCUT2D eigenvalue weighted by Crippen LogP contribution is 2.34. The van der Waals surface area contributed by atoms with Crippen molar-refractivity contribution in [3.63, 3.8) is 0 Å². The molecule has 1 aromatic rings. The first-order valence-electron chi connectivity index (χ1n) is 8.47. The molecule has 1 fully saturated rings. The largest absolute Gasteiger partial charge is 0.493 e. The lowest BCUT2D eigenvalue weighted by atomic mass is 10.1. The molecule has 2 rings (SSSR count). The van der Waals surface area contributed by atoms with Crippen molar-refractivity contribution >= 4 is 15.9 Å². The Kier molecular flexibility index (Phi) is 6.98. The normalized spacial score (nSPS) is 21.0. The van der Waals surface area contributed by atoms with Crippen LogP contribution in [-0.4, -0.2) is 63.7 Å². The summed E-state index contributed by atoms with van der Waals surface area (Å²) in [6, 6.07) is 2.76. The molecule has 11 heteroatoms. The zero-order chi connectivity index (χ0) is 20.2. The average Bonchev–Trinajstić information content (AvgIpc) is 2.60. The van der Waals surface area contributed by atoms with Gasteiger partial charge in [-0.25, -0.2) is 4.72 Å². The van der Waals surface area contributed by atoms with Crippen LogP contribution in [0.15, 0.2) is 12.1 Å². The summed E-state index contributed by atoms with van der Waals surface area (Å²) in [4.78, 5) is 10.8. The predicted octanol–water partition coefficient (Wildman–Crippen LogP) is 1.10. The van der Waals surface area contributed by atoms with Crippen LogP contribution in [0, 0.1) is 10.1 Å². The summed E-state index contributed by atoms with van der Waals surface area (Å²) in [6.45, 7) is 4.15. The molecule has 0 unspecified atom stereocenters. The lowest BCUT2D eigenvalue weighted by Gasteiger charge is -2.34. The number of nitro benzene ring substituents is 1. The molecular formula is C16H25N3O7S. The summed E-state index contributed by atoms with van der Waals surface area (Å²) < 4.78 is 44.6. The lowest BCUT2D eigenvalue weighted by Crippen LogP contribution is -2.52. The maximum absolute atomic E-state index is 12.5. The van der Waals surface area contributed by atoms with E-state index in [1.807, 2.05) is 13.8 Å². The number of benzene rings is 1. The van der Waals surface area contributed by atoms with Gasteiger partial charge in [0.15, 0.2) is 11.5 Å². The number of methoxy groups -OCH3 is 2. The van der Waals surface area contributed by atoms with E-state index in [1.54, 1.807) is 0 Å². The molecule has 1 N–H and O–H groups in total. The second-order valence-electron chi connectivity index (χ2n) is 6.32. The molecule has 1 heterocycles. The van der Waals surface area contributed by atoms with Gasteiger partial charge in [0.05, 0.1) is 37.4 Å². The van der Waals surface area contributed by atoms with Crippen molar-refractivity contribution in [2.45, 2.75) is 32.5 Å². The maximum atomic E-state index is 12.5. The number of hydrogen-bond acceptors (Lipinski definition) is 7. The van der Waals surface area contributed by atoms with Crippen LogP contribution >= 0.6 is 0 Å². The first kappa shape index (κ1) is 21.4. The van der Waals surface area contributed by atoms with Crippen LogP contribution in [0.5, 0.6) is 11.5 Å². The van der Waals surface area contributed by atoms with Crippen LogP contribution in [0.3, 0.4) is 0 Å². The molecular weight excluding hydrogens is 378 g/mol. The van der Waals surface area contributed by atoms with Crippen molar-refractivity contribution < 1.29 is 27.6 Å². The van der Waals surface area contributed by atoms with Crippen LogP contribution in [0.25, 0.3) is 0 Å². The topological polar surface area (TPSA) is 120 Å². The summed E-state index contributed by atoms with van der Waals surface area (Å²) in [6.07, 6.45) is -0.264. The lowest BCUT2D eigenvalue weighted by molar-refractivity contribution is -0.385. The number of hydrogen-bond donors (Lipinski definition) is 1. The molecule has 1 aromatic carbocycles. The van der Waals surface area contributed by atoms with Crippen LogP contribution < -0.4 is 14.2 Å². The van der Waals surface area contributed by atoms with E-state index in [2.05, 4.69) is 4.72 Å². The van der Waals surface area contributed by atoms with E-state index in [1.165, 1.54) is 30.7 Å². The molecule has 1 aliphatic rings. The fourth-order valence-corrected chi connectivity index (χ4v) is 4.37. The Bertz CT molecular complexity index is 774. The smallest absolute Gasteiger partial charge is 0.279 e. The Morgan fingerprint density at radius 3 is 2.30 bits per heavy atom. The summed E-state index contributed by atoms with van der Waals surface area (Å²) in [5.74, 6) is 0.585. The summed E-state index contributed by atoms with van der Waals surface area (Å²) in [5, 5.41) is 11.3. The maximum Gasteiger partial charge on any atom is 0.279 e. The second kappa shape index (κ2) is 8.83. The van der Waals surface area contributed by atoms with Gasteiger partial charge in [0.25, 0.3) is 15.9 Å². The third kappa shape index (κ3) is 5.28. The van der Waals surface area contributed by atoms with Crippen LogP contribution in [0.4, 0.5) is 5.69 Å². The van der Waals surface area contributed by atoms with Gasteiger partial charge >= 0.3 is 0 Å². The summed E-state index contributed by atoms with van der Waals surface area (Å²) in [5.41, 5.74) is 0.199. The van der Waals surface area contributed by atoms with Crippen LogP contribution in [0.1, 0.15) is 19.4 Å². The molecule has 27 heavy (non-hydrogen) atoms. The monoisotopic (exact) mass is 403 g/mol. The van der Waals surface area contributed by atoms with E-state index >= 15 is 0 Å². The summed E-state index contributed by atoms with van der Waals surface area (Å²) in [7, 11) is -0.887. The van der Waals surface area contributed by atoms with E-state index in [4.69, 9.17) is 14.2 Å². The number of nitrogens with one attached hydrogen (secondary N) is 1. The van der Waals surface area contributed by atoms with Crippen molar-refractivity contribution in [3.8, 4) is 11.5 Å². The van der Waals surface area contributed by atoms with E-state index in [9.17, 15) is 18.5 Å². The molecule has 1 aliphatic heterocycles. The molecule has 2 atom stereocenters. The Morgan fingerprint density at radius 2 is 1.78 bits per heavy atom. The van der Waals surface area contributed by atoms with Crippen molar-refractivity contribution in [1.82, 2.24) is 9.03 Å². The number of morpholine rings is 1. The minimum absolute atomic E-state index is 0.0127. The van der Waals surface area contributed by atoms with Gasteiger partial charge in [-0.05, 0) is 26.3 Å². The van der Waals surface area contributed by atoms with Crippen molar-refractivity contribution in [2.24, 2.45) is 0 Å². The van der Waals surface area contributed by atoms with Crippen LogP contribution in [-0.2, 0) is 21.4 Å². The minimum Gasteiger partial charge on any atom is -0.493 e. The van der Waals surface area contributed by atoms with Gasteiger partial charge in [-0.15, -0.1) is 0 Å². The quantitative estimate of drug-likeness (QED) is 0.510. The van der Waals surface area contributed by atoms with Gasteiger partial charge in [0.1, 0.15) is 0 Å². The fourth-order valence-electron chi connectivity index (χ4n) is 3.01. The Labute approximate surface area is 158 Å². The predicted molar refractivity (Wildman–Crippen MR) is 98.4 cm³/mol. The van der Waals surface area contributed by atoms with Crippen molar-refractivity contribution in [3.05, 3.63) is 27.8 Å². The molecule has 152 valence electrons. The third-order valence-corrected chi connectivity index (χ3v) is 5.73. The fraction of sp³-hybridized carbons (Fsp3) is 0.625. The number of rotatable bonds is 8. The SMILES string of the molecule is COc1cc(CCNS(=O)(=O)N2C[C@@H](C)O[C@H](C)C2)c([N+](=O)[O-])cc1OC. The van der Waals surface area contributed by atoms with E-state index in [-0.39, 0.29) is 49.7 Å². The minimum atomic E-state index is -3.70. The zero-order valence-corrected chi connectivity index (χ0v) is 16.6. The number of nitrogens with zero attached hydrogens (tertiary/aromatic N) is 2. The molecule has 1 saturated heterocycles. The van der Waals surface area contributed by atoms with Gasteiger partial charge in [0.2, 0.25) is 0 Å². The number of ether oxygens (including phenoxy) is 3. The highest BCUT2D eigenvalue weighted by Gasteiger charge is 2.30. The molecule has 0 aliphatic carbocycles. The summed E-state index contributed by atoms with van der Waals surface area (Å²) >= 11 is 0. The molecule has 10 nitrogen and oxygen atoms in total. The first-order valence-corrected chi connectivity index (χ1v) is 9.91. The molecule has 0 spiro atoms. The van der Waals surface area contributed by atoms with Gasteiger partial charge in [-0.3, -0.25) is 10.1 Å². The molecule has 0 saturated carbocycles. The Hall–Kier alpha value is -1.95. The first-order chi connectivity index (χ1) is 12.7. The highest BCUT2D eigenvalue weighted by molar-refractivity contribution is 7.87. The Morgan fingerprint density at radius 1 is 1.22 bits per heavy atom. The van der Waals surface area contributed by atoms with Gasteiger partial charge in [0, 0.05) is 25.2 Å². The van der Waals surface area contributed by atoms with Gasteiger partial charge < -0.3 is 14.2 Å². The molecule has 0 aromatic heterocycles. The van der Waals surface area contributed by atoms with Crippen molar-refractivity contribution in [1.29, 1.82) is 0 Å². The standard InChI is InChI=1S/C16H25N3O7S/c1-11-9-18(10-12(2)26-11)27(22,23)17-6-5-13-7-15(24-3)16(25-4)8-14(13)19(20)21/h7-8,11-12,17H,5-6,9-10H2,1-4H3/t11-,12-/m1/s1. The molecule has 0 amide bonds. The third-order valence-electron chi connectivity index (χ3n) is 4.19. The highest BCUT2D eigenvalue weighted by atomic mass is 32.2. The van der Waals surface area contributed by atoms with Crippen LogP contribution in [0.2, 0.25) is 0 Å². The number of nitro groups is 1. The van der Waals surface area contributed by atoms with E-state index in [0.717, 1.165) is 0 Å². The Balaban J connectivity index is 2.10. The van der Waals surface area contributed by atoms with Gasteiger partial charge in [-0.1, -0.05) is 0 Å². The van der Waals surface area contributed by atoms with E-state index in [0.29, 0.717) is 11.3 Å². The second-order valence-corrected chi connectivity index (χ2v) is 8.07.